The Hall–Kier alpha value is -8.06. The number of pyridine rings is 4. The lowest BCUT2D eigenvalue weighted by atomic mass is 10.1. The highest BCUT2D eigenvalue weighted by atomic mass is 16.5. The van der Waals surface area contributed by atoms with Crippen LogP contribution < -0.4 is 30.2 Å². The summed E-state index contributed by atoms with van der Waals surface area (Å²) in [5.41, 5.74) is 5.78. The van der Waals surface area contributed by atoms with Crippen molar-refractivity contribution in [3.05, 3.63) is 84.4 Å². The number of piperazine rings is 1. The Bertz CT molecular complexity index is 3050. The number of nitrogens with zero attached hydrogens (tertiary/aromatic N) is 15. The Morgan fingerprint density at radius 2 is 1.00 bits per heavy atom. The highest BCUT2D eigenvalue weighted by Crippen LogP contribution is 2.32. The first-order valence-electron chi connectivity index (χ1n) is 24.8. The van der Waals surface area contributed by atoms with Crippen LogP contribution in [0.1, 0.15) is 33.6 Å². The summed E-state index contributed by atoms with van der Waals surface area (Å²) in [4.78, 5) is 65.7. The molecule has 4 aliphatic rings. The molecular formula is C50H57N17O7. The second-order valence-electron chi connectivity index (χ2n) is 18.6. The topological polar surface area (TPSA) is 252 Å². The number of morpholine rings is 2. The van der Waals surface area contributed by atoms with Gasteiger partial charge in [0.05, 0.1) is 67.4 Å². The van der Waals surface area contributed by atoms with E-state index in [2.05, 4.69) is 57.6 Å². The van der Waals surface area contributed by atoms with Crippen LogP contribution in [0.25, 0.3) is 45.0 Å². The number of hydrogen-bond donors (Lipinski definition) is 3. The second kappa shape index (κ2) is 21.2. The van der Waals surface area contributed by atoms with E-state index in [-0.39, 0.29) is 17.9 Å². The van der Waals surface area contributed by atoms with Gasteiger partial charge in [0, 0.05) is 115 Å². The molecule has 4 saturated heterocycles. The van der Waals surface area contributed by atoms with Crippen molar-refractivity contribution in [2.45, 2.75) is 18.9 Å². The number of carbonyl (C=O) groups is 2. The molecule has 0 saturated carbocycles. The fraction of sp³-hybridized carbons (Fsp3) is 0.400. The number of aliphatic hydroxyl groups excluding tert-OH is 1. The Labute approximate surface area is 424 Å². The maximum atomic E-state index is 13.6. The molecule has 0 radical (unpaired) electrons. The highest BCUT2D eigenvalue weighted by Gasteiger charge is 2.29. The van der Waals surface area contributed by atoms with Crippen molar-refractivity contribution in [2.24, 2.45) is 14.1 Å². The third-order valence-corrected chi connectivity index (χ3v) is 13.3. The lowest BCUT2D eigenvalue weighted by Crippen LogP contribution is -2.45. The van der Waals surface area contributed by atoms with Crippen LogP contribution in [0.15, 0.2) is 82.2 Å². The molecule has 12 rings (SSSR count). The number of fused-ring (bicyclic) bond motifs is 2. The number of aryl methyl sites for hydroxylation is 2. The summed E-state index contributed by atoms with van der Waals surface area (Å²) in [6, 6.07) is 15.4. The smallest absolute Gasteiger partial charge is 0.300 e. The number of aliphatic hydroxyl groups is 1. The van der Waals surface area contributed by atoms with Gasteiger partial charge in [-0.15, -0.1) is 0 Å². The molecule has 24 heteroatoms. The van der Waals surface area contributed by atoms with Crippen molar-refractivity contribution >= 4 is 69.6 Å². The van der Waals surface area contributed by atoms with Crippen molar-refractivity contribution in [2.75, 3.05) is 129 Å². The molecule has 3 N–H and O–H groups in total. The van der Waals surface area contributed by atoms with Gasteiger partial charge in [-0.05, 0) is 44.2 Å². The minimum atomic E-state index is -0.351. The van der Waals surface area contributed by atoms with Gasteiger partial charge in [0.25, 0.3) is 23.8 Å². The average molecular weight is 1010 g/mol. The zero-order chi connectivity index (χ0) is 50.7. The van der Waals surface area contributed by atoms with Gasteiger partial charge in [0.15, 0.2) is 11.2 Å². The molecule has 0 bridgehead atoms. The third kappa shape index (κ3) is 10.7. The fourth-order valence-corrected chi connectivity index (χ4v) is 9.18. The highest BCUT2D eigenvalue weighted by molar-refractivity contribution is 6.09. The molecule has 4 aliphatic heterocycles. The Kier molecular flexibility index (Phi) is 13.8. The van der Waals surface area contributed by atoms with Gasteiger partial charge < -0.3 is 58.5 Å². The van der Waals surface area contributed by atoms with E-state index in [0.717, 1.165) is 43.0 Å². The number of rotatable bonds is 10. The summed E-state index contributed by atoms with van der Waals surface area (Å²) in [7, 11) is 5.79. The van der Waals surface area contributed by atoms with Gasteiger partial charge in [0.2, 0.25) is 11.3 Å². The number of aromatic nitrogens is 10. The standard InChI is InChI=1S/C25H29N9O3.C25H28N8O4/c1-31-6-8-33(9-7-31)23-18(14-20-22(29-23)30-25(37-20)34-10-12-36-13-11-34)24(35)28-21-5-3-4-19(27-21)17-15-26-32(2)16-17;1-31-15-16(14-26-31)19-3-2-4-21(27-19)28-24(35)18-13-20-22(29-23(18)32-7-5-17(34)6-8-32)30-25(37-20)33-9-11-36-12-10-33/h3-5,14-16H,6-13H2,1-2H3,(H,27,28,35);2-4,13-15,17,34H,5-12H2,1H3,(H,27,28,35). The molecule has 8 aromatic heterocycles. The molecule has 24 nitrogen and oxygen atoms in total. The van der Waals surface area contributed by atoms with Crippen LogP contribution in [0.2, 0.25) is 0 Å². The number of likely N-dealkylation sites (N-methyl/N-ethyl adjacent to an activating group) is 1. The largest absolute Gasteiger partial charge is 0.422 e. The van der Waals surface area contributed by atoms with Crippen molar-refractivity contribution in [3.63, 3.8) is 0 Å². The van der Waals surface area contributed by atoms with E-state index in [0.29, 0.717) is 153 Å². The van der Waals surface area contributed by atoms with Crippen molar-refractivity contribution in [3.8, 4) is 22.5 Å². The van der Waals surface area contributed by atoms with E-state index < -0.39 is 0 Å². The predicted octanol–water partition coefficient (Wildman–Crippen LogP) is 3.93. The number of piperidine rings is 1. The maximum Gasteiger partial charge on any atom is 0.300 e. The number of anilines is 6. The van der Waals surface area contributed by atoms with Crippen molar-refractivity contribution < 1.29 is 33.0 Å². The monoisotopic (exact) mass is 1010 g/mol. The summed E-state index contributed by atoms with van der Waals surface area (Å²) >= 11 is 0. The first-order chi connectivity index (χ1) is 36.1. The van der Waals surface area contributed by atoms with Crippen molar-refractivity contribution in [1.29, 1.82) is 0 Å². The number of ether oxygens (including phenoxy) is 2. The zero-order valence-electron chi connectivity index (χ0n) is 41.4. The molecular weight excluding hydrogens is 951 g/mol. The van der Waals surface area contributed by atoms with E-state index in [1.807, 2.05) is 65.5 Å². The molecule has 384 valence electrons. The normalized spacial score (nSPS) is 16.9. The number of hydrogen-bond acceptors (Lipinski definition) is 20. The Morgan fingerprint density at radius 3 is 1.43 bits per heavy atom. The number of nitrogens with one attached hydrogen (secondary N) is 2. The lowest BCUT2D eigenvalue weighted by molar-refractivity contribution is 0.101. The molecule has 8 aromatic rings. The Morgan fingerprint density at radius 1 is 0.554 bits per heavy atom. The third-order valence-electron chi connectivity index (χ3n) is 13.3. The van der Waals surface area contributed by atoms with Crippen LogP contribution in [0, 0.1) is 0 Å². The lowest BCUT2D eigenvalue weighted by Gasteiger charge is -2.33. The summed E-state index contributed by atoms with van der Waals surface area (Å²) in [5, 5.41) is 24.3. The number of oxazole rings is 2. The SMILES string of the molecule is CN1CCN(c2nc3nc(N4CCOCC4)oc3cc2C(=O)Nc2cccc(-c3cnn(C)c3)n2)CC1.Cn1cc(-c2cccc(NC(=O)c3cc4oc(N5CCOCC5)nc4nc3N3CCC(O)CC3)n2)cn1. The molecule has 4 fully saturated rings. The predicted molar refractivity (Wildman–Crippen MR) is 276 cm³/mol. The molecule has 0 atom stereocenters. The quantitative estimate of drug-likeness (QED) is 0.176. The van der Waals surface area contributed by atoms with E-state index in [1.165, 1.54) is 0 Å². The first kappa shape index (κ1) is 48.2. The average Bonchev–Trinajstić information content (AvgIpc) is 4.26. The summed E-state index contributed by atoms with van der Waals surface area (Å²) < 4.78 is 26.4. The minimum Gasteiger partial charge on any atom is -0.422 e. The minimum absolute atomic E-state index is 0.302. The number of carbonyl (C=O) groups excluding carboxylic acids is 2. The molecule has 2 amide bonds. The first-order valence-corrected chi connectivity index (χ1v) is 24.8. The van der Waals surface area contributed by atoms with Crippen LogP contribution in [0.4, 0.5) is 35.3 Å². The van der Waals surface area contributed by atoms with E-state index in [9.17, 15) is 14.7 Å². The second-order valence-corrected chi connectivity index (χ2v) is 18.6. The van der Waals surface area contributed by atoms with E-state index in [1.54, 1.807) is 46.0 Å². The van der Waals surface area contributed by atoms with Crippen LogP contribution in [-0.2, 0) is 23.6 Å². The van der Waals surface area contributed by atoms with E-state index >= 15 is 0 Å². The molecule has 74 heavy (non-hydrogen) atoms. The summed E-state index contributed by atoms with van der Waals surface area (Å²) in [6.45, 7) is 9.66. The molecule has 12 heterocycles. The Balaban J connectivity index is 0.000000159. The van der Waals surface area contributed by atoms with Crippen LogP contribution >= 0.6 is 0 Å². The maximum absolute atomic E-state index is 13.6. The van der Waals surface area contributed by atoms with Gasteiger partial charge in [-0.1, -0.05) is 12.1 Å². The van der Waals surface area contributed by atoms with Gasteiger partial charge in [-0.25, -0.2) is 19.9 Å². The fourth-order valence-electron chi connectivity index (χ4n) is 9.18. The summed E-state index contributed by atoms with van der Waals surface area (Å²) in [6.07, 6.45) is 8.08. The van der Waals surface area contributed by atoms with Gasteiger partial charge in [-0.2, -0.15) is 20.2 Å². The van der Waals surface area contributed by atoms with Crippen LogP contribution in [-0.4, -0.2) is 176 Å². The van der Waals surface area contributed by atoms with E-state index in [4.69, 9.17) is 28.3 Å². The molecule has 0 aromatic carbocycles. The number of amides is 2. The molecule has 0 spiro atoms. The summed E-state index contributed by atoms with van der Waals surface area (Å²) in [5.74, 6) is 1.32. The van der Waals surface area contributed by atoms with Crippen molar-refractivity contribution in [1.82, 2.24) is 54.4 Å². The van der Waals surface area contributed by atoms with Crippen LogP contribution in [0.5, 0.6) is 0 Å². The molecule has 0 aliphatic carbocycles. The zero-order valence-corrected chi connectivity index (χ0v) is 41.4. The van der Waals surface area contributed by atoms with Gasteiger partial charge in [-0.3, -0.25) is 19.0 Å². The van der Waals surface area contributed by atoms with Crippen LogP contribution in [0.3, 0.4) is 0 Å². The van der Waals surface area contributed by atoms with Gasteiger partial charge in [0.1, 0.15) is 23.3 Å². The van der Waals surface area contributed by atoms with Gasteiger partial charge >= 0.3 is 0 Å². The molecule has 0 unspecified atom stereocenters.